The second-order valence-electron chi connectivity index (χ2n) is 18.1. The highest BCUT2D eigenvalue weighted by Crippen LogP contribution is 2.47. The first kappa shape index (κ1) is 39.7. The van der Waals surface area contributed by atoms with Crippen molar-refractivity contribution < 1.29 is 18.5 Å². The summed E-state index contributed by atoms with van der Waals surface area (Å²) in [7, 11) is -3.94. The zero-order valence-electron chi connectivity index (χ0n) is 32.8. The molecule has 3 aromatic heterocycles. The van der Waals surface area contributed by atoms with E-state index in [1.807, 2.05) is 68.0 Å². The third kappa shape index (κ3) is 8.51. The van der Waals surface area contributed by atoms with Crippen molar-refractivity contribution >= 4 is 38.9 Å². The lowest BCUT2D eigenvalue weighted by Crippen LogP contribution is -2.60. The first-order valence-electron chi connectivity index (χ1n) is 17.9. The predicted molar refractivity (Wildman–Crippen MR) is 212 cm³/mol. The molecule has 51 heavy (non-hydrogen) atoms. The molecule has 0 saturated heterocycles. The summed E-state index contributed by atoms with van der Waals surface area (Å²) in [6, 6.07) is 11.9. The molecule has 1 aliphatic carbocycles. The number of hydrogen-bond donors (Lipinski definition) is 2. The molecule has 2 atom stereocenters. The van der Waals surface area contributed by atoms with Crippen molar-refractivity contribution in [2.24, 2.45) is 5.92 Å². The van der Waals surface area contributed by atoms with E-state index < -0.39 is 38.5 Å². The molecule has 5 rings (SSSR count). The Morgan fingerprint density at radius 1 is 0.902 bits per heavy atom. The molecule has 3 heterocycles. The average molecular weight is 751 g/mol. The predicted octanol–water partition coefficient (Wildman–Crippen LogP) is 8.40. The highest BCUT2D eigenvalue weighted by atomic mass is 32.2. The van der Waals surface area contributed by atoms with Crippen LogP contribution in [0.1, 0.15) is 86.5 Å². The number of fused-ring (bicyclic) bond motifs is 1. The van der Waals surface area contributed by atoms with Gasteiger partial charge in [-0.05, 0) is 88.1 Å². The fourth-order valence-electron chi connectivity index (χ4n) is 5.42. The van der Waals surface area contributed by atoms with Gasteiger partial charge in [0.25, 0.3) is 0 Å². The van der Waals surface area contributed by atoms with Crippen LogP contribution >= 0.6 is 0 Å². The van der Waals surface area contributed by atoms with E-state index in [9.17, 15) is 9.66 Å². The number of benzene rings is 1. The van der Waals surface area contributed by atoms with E-state index >= 15 is 0 Å². The highest BCUT2D eigenvalue weighted by molar-refractivity contribution is 7.90. The van der Waals surface area contributed by atoms with Crippen molar-refractivity contribution in [2.45, 2.75) is 135 Å². The maximum absolute atomic E-state index is 13.5. The molecule has 4 aromatic rings. The minimum atomic E-state index is -2.00. The van der Waals surface area contributed by atoms with E-state index in [4.69, 9.17) is 18.8 Å². The normalized spacial score (nSPS) is 19.5. The molecular weight excluding hydrogens is 693 g/mol. The van der Waals surface area contributed by atoms with Gasteiger partial charge < -0.3 is 18.5 Å². The van der Waals surface area contributed by atoms with Gasteiger partial charge in [-0.1, -0.05) is 59.7 Å². The van der Waals surface area contributed by atoms with E-state index in [1.165, 1.54) is 0 Å². The van der Waals surface area contributed by atoms with Crippen LogP contribution in [0.5, 0.6) is 0 Å². The van der Waals surface area contributed by atoms with Gasteiger partial charge in [-0.2, -0.15) is 5.10 Å². The van der Waals surface area contributed by atoms with Crippen molar-refractivity contribution in [3.05, 3.63) is 66.4 Å². The Balaban J connectivity index is 1.44. The average Bonchev–Trinajstić information content (AvgIpc) is 3.43. The molecule has 0 aliphatic heterocycles. The second kappa shape index (κ2) is 14.1. The maximum atomic E-state index is 13.5. The quantitative estimate of drug-likeness (QED) is 0.0882. The van der Waals surface area contributed by atoms with Crippen LogP contribution in [0.4, 0.5) is 0 Å². The topological polar surface area (TPSA) is 130 Å². The number of nitrogens with zero attached hydrogens (tertiary/aromatic N) is 5. The summed E-state index contributed by atoms with van der Waals surface area (Å²) < 4.78 is 30.9. The largest absolute Gasteiger partial charge is 0.598 e. The van der Waals surface area contributed by atoms with Crippen molar-refractivity contribution in [2.75, 3.05) is 0 Å². The van der Waals surface area contributed by atoms with Gasteiger partial charge in [0, 0.05) is 34.3 Å². The number of nitrogens with one attached hydrogen (secondary N) is 1. The van der Waals surface area contributed by atoms with Gasteiger partial charge in [0.2, 0.25) is 5.72 Å². The summed E-state index contributed by atoms with van der Waals surface area (Å²) in [4.78, 5) is 14.4. The molecule has 1 saturated carbocycles. The summed E-state index contributed by atoms with van der Waals surface area (Å²) in [5, 5.41) is 18.2. The van der Waals surface area contributed by atoms with Gasteiger partial charge in [-0.25, -0.2) is 14.6 Å². The summed E-state index contributed by atoms with van der Waals surface area (Å²) in [5.41, 5.74) is 1.77. The van der Waals surface area contributed by atoms with E-state index in [2.05, 4.69) is 82.5 Å². The molecule has 0 bridgehead atoms. The van der Waals surface area contributed by atoms with E-state index in [-0.39, 0.29) is 22.1 Å². The zero-order chi connectivity index (χ0) is 37.8. The number of aliphatic hydroxyl groups is 1. The van der Waals surface area contributed by atoms with Crippen molar-refractivity contribution in [1.82, 2.24) is 29.5 Å². The van der Waals surface area contributed by atoms with Crippen LogP contribution in [0.3, 0.4) is 0 Å². The van der Waals surface area contributed by atoms with Crippen molar-refractivity contribution in [3.63, 3.8) is 0 Å². The Kier molecular flexibility index (Phi) is 10.9. The fourth-order valence-corrected chi connectivity index (χ4v) is 8.60. The smallest absolute Gasteiger partial charge is 0.204 e. The summed E-state index contributed by atoms with van der Waals surface area (Å²) in [6.07, 6.45) is 6.36. The van der Waals surface area contributed by atoms with Crippen LogP contribution < -0.4 is 4.72 Å². The standard InChI is InChI=1S/C38H58N6O4SSi2/c1-35(2,3)49(46)43-38(45,28-20-30(21-28)48-51(12,13)37(7,8)9)33-24-39-23-31(42-33)26-17-18-27-22-40-44(32(27)19-26)34-16-14-15-29(41-34)25-47-50(10,11)36(4,5)6/h14-19,22-24,28,30,43,45H,20-21,25H2,1-13H3/t28?,30?,38-,49?/m0/s1. The van der Waals surface area contributed by atoms with Gasteiger partial charge in [0.05, 0.1) is 42.1 Å². The van der Waals surface area contributed by atoms with Gasteiger partial charge in [-0.15, -0.1) is 4.72 Å². The number of pyridine rings is 1. The lowest BCUT2D eigenvalue weighted by molar-refractivity contribution is -0.109. The van der Waals surface area contributed by atoms with Gasteiger partial charge in [-0.3, -0.25) is 4.98 Å². The SMILES string of the molecule is CC(C)(C)[S+]([O-])N[C@@](O)(c1cncc(-c2ccc3cnn(-c4cccc(CO[Si](C)(C)C(C)(C)C)n4)c3c2)n1)C1CC(O[Si](C)(C)C(C)(C)C)C1. The molecule has 278 valence electrons. The number of rotatable bonds is 11. The van der Waals surface area contributed by atoms with E-state index in [0.29, 0.717) is 36.7 Å². The third-order valence-electron chi connectivity index (χ3n) is 11.0. The minimum Gasteiger partial charge on any atom is -0.598 e. The molecule has 0 amide bonds. The number of hydrogen-bond acceptors (Lipinski definition) is 9. The summed E-state index contributed by atoms with van der Waals surface area (Å²) in [6.45, 7) is 28.4. The summed E-state index contributed by atoms with van der Waals surface area (Å²) in [5.74, 6) is 0.437. The molecule has 1 fully saturated rings. The monoisotopic (exact) mass is 750 g/mol. The number of aromatic nitrogens is 5. The maximum Gasteiger partial charge on any atom is 0.204 e. The molecule has 1 unspecified atom stereocenters. The van der Waals surface area contributed by atoms with Gasteiger partial charge in [0.1, 0.15) is 10.4 Å². The molecule has 0 radical (unpaired) electrons. The lowest BCUT2D eigenvalue weighted by Gasteiger charge is -2.49. The summed E-state index contributed by atoms with van der Waals surface area (Å²) >= 11 is -1.57. The molecule has 10 nitrogen and oxygen atoms in total. The molecular formula is C38H58N6O4SSi2. The first-order valence-corrected chi connectivity index (χ1v) is 24.9. The molecule has 13 heteroatoms. The second-order valence-corrected chi connectivity index (χ2v) is 29.6. The van der Waals surface area contributed by atoms with Crippen LogP contribution in [0.2, 0.25) is 36.3 Å². The molecule has 1 aliphatic rings. The van der Waals surface area contributed by atoms with Gasteiger partial charge >= 0.3 is 0 Å². The van der Waals surface area contributed by atoms with E-state index in [1.54, 1.807) is 12.4 Å². The van der Waals surface area contributed by atoms with E-state index in [0.717, 1.165) is 22.2 Å². The zero-order valence-corrected chi connectivity index (χ0v) is 35.6. The first-order chi connectivity index (χ1) is 23.4. The molecule has 0 spiro atoms. The Hall–Kier alpha value is -2.50. The third-order valence-corrected chi connectivity index (χ3v) is 21.7. The Bertz CT molecular complexity index is 1840. The minimum absolute atomic E-state index is 0.0249. The molecule has 2 N–H and O–H groups in total. The van der Waals surface area contributed by atoms with Crippen molar-refractivity contribution in [3.8, 4) is 17.1 Å². The molecule has 1 aromatic carbocycles. The van der Waals surface area contributed by atoms with Crippen molar-refractivity contribution in [1.29, 1.82) is 0 Å². The van der Waals surface area contributed by atoms with Crippen LogP contribution in [-0.4, -0.2) is 61.9 Å². The van der Waals surface area contributed by atoms with Crippen LogP contribution in [0, 0.1) is 5.92 Å². The van der Waals surface area contributed by atoms with Crippen LogP contribution in [0.15, 0.2) is 55.0 Å². The van der Waals surface area contributed by atoms with Crippen LogP contribution in [0.25, 0.3) is 28.0 Å². The lowest BCUT2D eigenvalue weighted by atomic mass is 9.74. The van der Waals surface area contributed by atoms with Gasteiger partial charge in [0.15, 0.2) is 22.5 Å². The van der Waals surface area contributed by atoms with Crippen LogP contribution in [-0.2, 0) is 32.5 Å². The Labute approximate surface area is 309 Å². The fraction of sp³-hybridized carbons (Fsp3) is 0.579. The Morgan fingerprint density at radius 3 is 2.20 bits per heavy atom. The Morgan fingerprint density at radius 2 is 1.57 bits per heavy atom. The highest BCUT2D eigenvalue weighted by Gasteiger charge is 2.53.